The van der Waals surface area contributed by atoms with Crippen LogP contribution in [0.2, 0.25) is 19.6 Å². The molecular weight excluding hydrogens is 200 g/mol. The molecule has 1 aliphatic carbocycles. The van der Waals surface area contributed by atoms with Crippen LogP contribution in [0.3, 0.4) is 0 Å². The highest BCUT2D eigenvalue weighted by molar-refractivity contribution is 6.80. The van der Waals surface area contributed by atoms with Crippen LogP contribution in [0.15, 0.2) is 11.6 Å². The molecule has 0 saturated heterocycles. The average molecular weight is 219 g/mol. The number of hydrogen-bond donors (Lipinski definition) is 0. The van der Waals surface area contributed by atoms with Gasteiger partial charge in [-0.2, -0.15) is 0 Å². The van der Waals surface area contributed by atoms with E-state index < -0.39 is 8.07 Å². The highest BCUT2D eigenvalue weighted by atomic mass is 35.5. The summed E-state index contributed by atoms with van der Waals surface area (Å²) in [4.78, 5) is 0. The summed E-state index contributed by atoms with van der Waals surface area (Å²) in [5.74, 6) is 0.404. The van der Waals surface area contributed by atoms with Crippen LogP contribution in [0.1, 0.15) is 13.3 Å². The molecule has 2 atom stereocenters. The molecule has 0 spiro atoms. The second-order valence-electron chi connectivity index (χ2n) is 4.78. The average Bonchev–Trinajstić information content (AvgIpc) is 2.63. The molecule has 1 rings (SSSR count). The Kier molecular flexibility index (Phi) is 2.96. The molecule has 0 unspecified atom stereocenters. The highest BCUT2D eigenvalue weighted by Crippen LogP contribution is 2.57. The predicted octanol–water partition coefficient (Wildman–Crippen LogP) is 3.41. The lowest BCUT2D eigenvalue weighted by Crippen LogP contribution is -2.44. The van der Waals surface area contributed by atoms with Gasteiger partial charge in [-0.25, -0.2) is 0 Å². The maximum atomic E-state index is 5.95. The zero-order valence-corrected chi connectivity index (χ0v) is 10.7. The van der Waals surface area contributed by atoms with E-state index in [-0.39, 0.29) is 5.22 Å². The van der Waals surface area contributed by atoms with E-state index in [1.54, 1.807) is 0 Å². The third kappa shape index (κ3) is 1.85. The standard InChI is InChI=1S/C10H19ClOSi/c1-6-12-10(13(3,4)5)7-9(10)8(2)11/h9H,2,6-7H2,1,3-5H3/t9-,10+/m0/s1. The van der Waals surface area contributed by atoms with Gasteiger partial charge in [0.25, 0.3) is 0 Å². The summed E-state index contributed by atoms with van der Waals surface area (Å²) in [5, 5.41) is 0.858. The molecule has 1 fully saturated rings. The van der Waals surface area contributed by atoms with Crippen LogP contribution >= 0.6 is 11.6 Å². The molecule has 0 bridgehead atoms. The molecule has 0 aromatic heterocycles. The molecule has 0 aromatic carbocycles. The molecule has 1 nitrogen and oxygen atoms in total. The van der Waals surface area contributed by atoms with Crippen LogP contribution in [0.25, 0.3) is 0 Å². The smallest absolute Gasteiger partial charge is 0.0833 e. The van der Waals surface area contributed by atoms with Gasteiger partial charge >= 0.3 is 0 Å². The van der Waals surface area contributed by atoms with Crippen LogP contribution in [0.4, 0.5) is 0 Å². The van der Waals surface area contributed by atoms with Crippen molar-refractivity contribution in [3.63, 3.8) is 0 Å². The number of ether oxygens (including phenoxy) is 1. The van der Waals surface area contributed by atoms with Gasteiger partial charge in [-0.05, 0) is 13.3 Å². The SMILES string of the molecule is C=C(Cl)[C@@H]1C[C@@]1(OCC)[Si](C)(C)C. The summed E-state index contributed by atoms with van der Waals surface area (Å²) in [5.41, 5.74) is 0. The van der Waals surface area contributed by atoms with E-state index in [1.807, 2.05) is 6.92 Å². The fourth-order valence-corrected chi connectivity index (χ4v) is 5.03. The molecule has 0 aromatic rings. The quantitative estimate of drug-likeness (QED) is 0.658. The Morgan fingerprint density at radius 3 is 2.38 bits per heavy atom. The maximum absolute atomic E-state index is 5.95. The lowest BCUT2D eigenvalue weighted by atomic mass is 10.4. The molecule has 3 heteroatoms. The van der Waals surface area contributed by atoms with E-state index in [0.29, 0.717) is 5.92 Å². The molecule has 1 saturated carbocycles. The Labute approximate surface area is 87.1 Å². The van der Waals surface area contributed by atoms with E-state index in [1.165, 1.54) is 0 Å². The first kappa shape index (κ1) is 11.3. The Balaban J connectivity index is 2.77. The Morgan fingerprint density at radius 1 is 1.62 bits per heavy atom. The molecule has 13 heavy (non-hydrogen) atoms. The third-order valence-electron chi connectivity index (χ3n) is 2.96. The predicted molar refractivity (Wildman–Crippen MR) is 60.8 cm³/mol. The molecule has 0 N–H and O–H groups in total. The van der Waals surface area contributed by atoms with Crippen molar-refractivity contribution in [1.29, 1.82) is 0 Å². The summed E-state index contributed by atoms with van der Waals surface area (Å²) >= 11 is 5.95. The topological polar surface area (TPSA) is 9.23 Å². The molecule has 1 aliphatic rings. The summed E-state index contributed by atoms with van der Waals surface area (Å²) < 4.78 is 5.90. The number of halogens is 1. The molecule has 0 aliphatic heterocycles. The van der Waals surface area contributed by atoms with E-state index in [9.17, 15) is 0 Å². The summed E-state index contributed by atoms with van der Waals surface area (Å²) in [6.45, 7) is 13.7. The van der Waals surface area contributed by atoms with Crippen molar-refractivity contribution in [2.24, 2.45) is 5.92 Å². The lowest BCUT2D eigenvalue weighted by molar-refractivity contribution is 0.0859. The largest absolute Gasteiger partial charge is 0.378 e. The Bertz CT molecular complexity index is 221. The summed E-state index contributed by atoms with van der Waals surface area (Å²) in [6, 6.07) is 0. The number of rotatable bonds is 4. The van der Waals surface area contributed by atoms with Gasteiger partial charge in [0.05, 0.1) is 13.3 Å². The van der Waals surface area contributed by atoms with Crippen LogP contribution < -0.4 is 0 Å². The van der Waals surface area contributed by atoms with Crippen molar-refractivity contribution in [2.45, 2.75) is 38.2 Å². The zero-order chi connectivity index (χ0) is 10.3. The van der Waals surface area contributed by atoms with Crippen LogP contribution in [-0.4, -0.2) is 19.9 Å². The molecule has 0 heterocycles. The second-order valence-corrected chi connectivity index (χ2v) is 10.6. The molecule has 76 valence electrons. The minimum Gasteiger partial charge on any atom is -0.378 e. The van der Waals surface area contributed by atoms with Crippen molar-refractivity contribution in [2.75, 3.05) is 6.61 Å². The molecular formula is C10H19ClOSi. The normalized spacial score (nSPS) is 33.2. The fraction of sp³-hybridized carbons (Fsp3) is 0.800. The Morgan fingerprint density at radius 2 is 2.15 bits per heavy atom. The van der Waals surface area contributed by atoms with Crippen molar-refractivity contribution in [1.82, 2.24) is 0 Å². The monoisotopic (exact) mass is 218 g/mol. The van der Waals surface area contributed by atoms with Gasteiger partial charge in [-0.1, -0.05) is 37.8 Å². The van der Waals surface area contributed by atoms with E-state index in [0.717, 1.165) is 18.1 Å². The summed E-state index contributed by atoms with van der Waals surface area (Å²) in [6.07, 6.45) is 1.08. The van der Waals surface area contributed by atoms with Gasteiger partial charge in [-0.15, -0.1) is 0 Å². The maximum Gasteiger partial charge on any atom is 0.0833 e. The van der Waals surface area contributed by atoms with Crippen LogP contribution in [0, 0.1) is 5.92 Å². The first-order chi connectivity index (χ1) is 5.85. The van der Waals surface area contributed by atoms with Crippen molar-refractivity contribution >= 4 is 19.7 Å². The van der Waals surface area contributed by atoms with Gasteiger partial charge in [-0.3, -0.25) is 0 Å². The van der Waals surface area contributed by atoms with Crippen molar-refractivity contribution < 1.29 is 4.74 Å². The van der Waals surface area contributed by atoms with Gasteiger partial charge in [0.15, 0.2) is 0 Å². The van der Waals surface area contributed by atoms with Crippen molar-refractivity contribution in [3.05, 3.63) is 11.6 Å². The molecule has 0 amide bonds. The summed E-state index contributed by atoms with van der Waals surface area (Å²) in [7, 11) is -1.29. The van der Waals surface area contributed by atoms with Gasteiger partial charge in [0.1, 0.15) is 0 Å². The van der Waals surface area contributed by atoms with Gasteiger partial charge in [0.2, 0.25) is 0 Å². The van der Waals surface area contributed by atoms with E-state index in [4.69, 9.17) is 16.3 Å². The van der Waals surface area contributed by atoms with Crippen LogP contribution in [-0.2, 0) is 4.74 Å². The highest BCUT2D eigenvalue weighted by Gasteiger charge is 2.63. The van der Waals surface area contributed by atoms with E-state index >= 15 is 0 Å². The number of hydrogen-bond acceptors (Lipinski definition) is 1. The first-order valence-corrected chi connectivity index (χ1v) is 8.71. The minimum absolute atomic E-state index is 0.0839. The van der Waals surface area contributed by atoms with Gasteiger partial charge < -0.3 is 4.74 Å². The van der Waals surface area contributed by atoms with Crippen molar-refractivity contribution in [3.8, 4) is 0 Å². The lowest BCUT2D eigenvalue weighted by Gasteiger charge is -2.30. The van der Waals surface area contributed by atoms with Gasteiger partial charge in [0, 0.05) is 17.6 Å². The minimum atomic E-state index is -1.29. The zero-order valence-electron chi connectivity index (χ0n) is 8.98. The molecule has 0 radical (unpaired) electrons. The van der Waals surface area contributed by atoms with E-state index in [2.05, 4.69) is 26.2 Å². The fourth-order valence-electron chi connectivity index (χ4n) is 2.07. The Hall–Kier alpha value is 0.207. The van der Waals surface area contributed by atoms with Crippen LogP contribution in [0.5, 0.6) is 0 Å². The second kappa shape index (κ2) is 3.41. The third-order valence-corrected chi connectivity index (χ3v) is 6.46. The first-order valence-electron chi connectivity index (χ1n) is 4.83.